The topological polar surface area (TPSA) is 32.3 Å². The van der Waals surface area contributed by atoms with Crippen LogP contribution in [-0.4, -0.2) is 37.0 Å². The highest BCUT2D eigenvalue weighted by molar-refractivity contribution is 5.85. The number of halogens is 3. The molecule has 1 fully saturated rings. The molecule has 0 aromatic heterocycles. The van der Waals surface area contributed by atoms with Crippen LogP contribution < -0.4 is 5.32 Å². The number of nitrogens with one attached hydrogen (secondary N) is 1. The standard InChI is InChI=1S/C13H16F2N2O.ClH/c1-16-11-4-5-17(8-11)13(18)7-9-6-10(14)2-3-12(9)15;/h2-3,6,11,16H,4-5,7-8H2,1H3;1H. The minimum absolute atomic E-state index is 0. The van der Waals surface area contributed by atoms with Crippen LogP contribution in [0.25, 0.3) is 0 Å². The Labute approximate surface area is 117 Å². The van der Waals surface area contributed by atoms with Crippen molar-refractivity contribution in [2.75, 3.05) is 20.1 Å². The van der Waals surface area contributed by atoms with Crippen LogP contribution in [0.4, 0.5) is 8.78 Å². The van der Waals surface area contributed by atoms with Crippen molar-refractivity contribution in [3.63, 3.8) is 0 Å². The average molecular weight is 291 g/mol. The van der Waals surface area contributed by atoms with Gasteiger partial charge in [0.1, 0.15) is 11.6 Å². The lowest BCUT2D eigenvalue weighted by Gasteiger charge is -2.16. The maximum atomic E-state index is 13.4. The van der Waals surface area contributed by atoms with Crippen molar-refractivity contribution >= 4 is 18.3 Å². The van der Waals surface area contributed by atoms with Gasteiger partial charge in [-0.1, -0.05) is 0 Å². The van der Waals surface area contributed by atoms with Crippen molar-refractivity contribution in [2.24, 2.45) is 0 Å². The summed E-state index contributed by atoms with van der Waals surface area (Å²) in [5.41, 5.74) is 0.118. The van der Waals surface area contributed by atoms with E-state index in [0.717, 1.165) is 24.6 Å². The monoisotopic (exact) mass is 290 g/mol. The van der Waals surface area contributed by atoms with Crippen molar-refractivity contribution in [1.29, 1.82) is 0 Å². The highest BCUT2D eigenvalue weighted by Crippen LogP contribution is 2.14. The first kappa shape index (κ1) is 15.9. The molecule has 0 spiro atoms. The molecule has 1 aliphatic rings. The van der Waals surface area contributed by atoms with Crippen LogP contribution in [-0.2, 0) is 11.2 Å². The van der Waals surface area contributed by atoms with Gasteiger partial charge in [0.05, 0.1) is 6.42 Å². The molecule has 1 atom stereocenters. The van der Waals surface area contributed by atoms with Crippen LogP contribution in [0.3, 0.4) is 0 Å². The number of hydrogen-bond donors (Lipinski definition) is 1. The van der Waals surface area contributed by atoms with E-state index in [1.165, 1.54) is 0 Å². The SMILES string of the molecule is CNC1CCN(C(=O)Cc2cc(F)ccc2F)C1.Cl. The van der Waals surface area contributed by atoms with E-state index in [-0.39, 0.29) is 30.3 Å². The first-order chi connectivity index (χ1) is 8.60. The fourth-order valence-electron chi connectivity index (χ4n) is 2.18. The van der Waals surface area contributed by atoms with E-state index in [0.29, 0.717) is 19.1 Å². The third-order valence-corrected chi connectivity index (χ3v) is 3.30. The lowest BCUT2D eigenvalue weighted by Crippen LogP contribution is -2.34. The molecule has 0 radical (unpaired) electrons. The summed E-state index contributed by atoms with van der Waals surface area (Å²) >= 11 is 0. The highest BCUT2D eigenvalue weighted by Gasteiger charge is 2.25. The summed E-state index contributed by atoms with van der Waals surface area (Å²) in [6.45, 7) is 1.30. The molecule has 1 saturated heterocycles. The lowest BCUT2D eigenvalue weighted by molar-refractivity contribution is -0.129. The second kappa shape index (κ2) is 6.82. The normalized spacial score (nSPS) is 18.3. The second-order valence-electron chi connectivity index (χ2n) is 4.53. The quantitative estimate of drug-likeness (QED) is 0.920. The van der Waals surface area contributed by atoms with Gasteiger partial charge in [0.15, 0.2) is 0 Å². The Bertz CT molecular complexity index is 456. The zero-order valence-corrected chi connectivity index (χ0v) is 11.5. The molecule has 6 heteroatoms. The van der Waals surface area contributed by atoms with Crippen LogP contribution in [0.5, 0.6) is 0 Å². The summed E-state index contributed by atoms with van der Waals surface area (Å²) in [6.07, 6.45) is 0.813. The number of amides is 1. The molecule has 0 aliphatic carbocycles. The summed E-state index contributed by atoms with van der Waals surface area (Å²) in [5, 5.41) is 3.11. The van der Waals surface area contributed by atoms with Gasteiger partial charge in [-0.05, 0) is 31.7 Å². The van der Waals surface area contributed by atoms with Crippen molar-refractivity contribution in [3.8, 4) is 0 Å². The van der Waals surface area contributed by atoms with Gasteiger partial charge >= 0.3 is 0 Å². The number of likely N-dealkylation sites (tertiary alicyclic amines) is 1. The predicted molar refractivity (Wildman–Crippen MR) is 71.4 cm³/mol. The van der Waals surface area contributed by atoms with E-state index in [4.69, 9.17) is 0 Å². The number of hydrogen-bond acceptors (Lipinski definition) is 2. The summed E-state index contributed by atoms with van der Waals surface area (Å²) in [7, 11) is 1.85. The molecule has 2 rings (SSSR count). The minimum Gasteiger partial charge on any atom is -0.341 e. The minimum atomic E-state index is -0.533. The van der Waals surface area contributed by atoms with E-state index >= 15 is 0 Å². The fraction of sp³-hybridized carbons (Fsp3) is 0.462. The van der Waals surface area contributed by atoms with Crippen LogP contribution in [0.15, 0.2) is 18.2 Å². The Balaban J connectivity index is 0.00000180. The van der Waals surface area contributed by atoms with E-state index in [1.54, 1.807) is 4.90 Å². The predicted octanol–water partition coefficient (Wildman–Crippen LogP) is 1.75. The third-order valence-electron chi connectivity index (χ3n) is 3.30. The first-order valence-electron chi connectivity index (χ1n) is 5.99. The second-order valence-corrected chi connectivity index (χ2v) is 4.53. The molecule has 0 saturated carbocycles. The molecule has 1 unspecified atom stereocenters. The highest BCUT2D eigenvalue weighted by atomic mass is 35.5. The lowest BCUT2D eigenvalue weighted by atomic mass is 10.1. The van der Waals surface area contributed by atoms with Gasteiger partial charge in [-0.15, -0.1) is 12.4 Å². The van der Waals surface area contributed by atoms with Gasteiger partial charge in [0.2, 0.25) is 5.91 Å². The van der Waals surface area contributed by atoms with Gasteiger partial charge in [0, 0.05) is 24.7 Å². The largest absolute Gasteiger partial charge is 0.341 e. The van der Waals surface area contributed by atoms with Crippen molar-refractivity contribution in [1.82, 2.24) is 10.2 Å². The van der Waals surface area contributed by atoms with E-state index in [1.807, 2.05) is 7.05 Å². The van der Waals surface area contributed by atoms with Crippen LogP contribution >= 0.6 is 12.4 Å². The van der Waals surface area contributed by atoms with Crippen molar-refractivity contribution in [2.45, 2.75) is 18.9 Å². The Kier molecular flexibility index (Phi) is 5.69. The van der Waals surface area contributed by atoms with Gasteiger partial charge in [-0.3, -0.25) is 4.79 Å². The molecule has 1 heterocycles. The number of benzene rings is 1. The zero-order chi connectivity index (χ0) is 13.1. The molecule has 3 nitrogen and oxygen atoms in total. The fourth-order valence-corrected chi connectivity index (χ4v) is 2.18. The molecule has 1 amide bonds. The number of carbonyl (C=O) groups is 1. The number of nitrogens with zero attached hydrogens (tertiary/aromatic N) is 1. The summed E-state index contributed by atoms with van der Waals surface area (Å²) in [6, 6.07) is 3.49. The van der Waals surface area contributed by atoms with Crippen LogP contribution in [0, 0.1) is 11.6 Å². The zero-order valence-electron chi connectivity index (χ0n) is 10.7. The molecule has 106 valence electrons. The Morgan fingerprint density at radius 1 is 1.47 bits per heavy atom. The molecule has 1 aromatic rings. The van der Waals surface area contributed by atoms with Crippen LogP contribution in [0.1, 0.15) is 12.0 Å². The van der Waals surface area contributed by atoms with Gasteiger partial charge in [0.25, 0.3) is 0 Å². The molecule has 1 N–H and O–H groups in total. The number of rotatable bonds is 3. The van der Waals surface area contributed by atoms with Crippen molar-refractivity contribution in [3.05, 3.63) is 35.4 Å². The molecule has 0 bridgehead atoms. The average Bonchev–Trinajstić information content (AvgIpc) is 2.82. The van der Waals surface area contributed by atoms with E-state index < -0.39 is 11.6 Å². The summed E-state index contributed by atoms with van der Waals surface area (Å²) in [4.78, 5) is 13.6. The van der Waals surface area contributed by atoms with Gasteiger partial charge in [-0.2, -0.15) is 0 Å². The Morgan fingerprint density at radius 3 is 2.84 bits per heavy atom. The van der Waals surface area contributed by atoms with E-state index in [2.05, 4.69) is 5.32 Å². The van der Waals surface area contributed by atoms with Crippen LogP contribution in [0.2, 0.25) is 0 Å². The molecular weight excluding hydrogens is 274 g/mol. The van der Waals surface area contributed by atoms with Gasteiger partial charge < -0.3 is 10.2 Å². The third kappa shape index (κ3) is 3.88. The summed E-state index contributed by atoms with van der Waals surface area (Å²) in [5.74, 6) is -1.21. The first-order valence-corrected chi connectivity index (χ1v) is 5.99. The maximum Gasteiger partial charge on any atom is 0.227 e. The van der Waals surface area contributed by atoms with E-state index in [9.17, 15) is 13.6 Å². The van der Waals surface area contributed by atoms with Gasteiger partial charge in [-0.25, -0.2) is 8.78 Å². The maximum absolute atomic E-state index is 13.4. The number of carbonyl (C=O) groups excluding carboxylic acids is 1. The smallest absolute Gasteiger partial charge is 0.227 e. The molecular formula is C13H17ClF2N2O. The number of likely N-dealkylation sites (N-methyl/N-ethyl adjacent to an activating group) is 1. The van der Waals surface area contributed by atoms with Crippen molar-refractivity contribution < 1.29 is 13.6 Å². The molecule has 1 aromatic carbocycles. The molecule has 19 heavy (non-hydrogen) atoms. The molecule has 1 aliphatic heterocycles. The Morgan fingerprint density at radius 2 is 2.21 bits per heavy atom. The summed E-state index contributed by atoms with van der Waals surface area (Å²) < 4.78 is 26.4. The Hall–Kier alpha value is -1.20.